The standard InChI is InChI=1S/C21H24F2N4O/c22-17-3-1-2-14(20(17)23)18-4-5-19(26-25-18)24-21-15-11-27(12-16(15)21)10-13-6-8-28-9-7-13/h1-5,13,15-16,21H,6-12H2,(H,24,26)/t15-,16+,21+. The summed E-state index contributed by atoms with van der Waals surface area (Å²) in [6.07, 6.45) is 2.36. The normalized spacial score (nSPS) is 27.6. The number of hydrogen-bond donors (Lipinski definition) is 1. The molecular weight excluding hydrogens is 362 g/mol. The Morgan fingerprint density at radius 3 is 2.54 bits per heavy atom. The predicted octanol–water partition coefficient (Wildman–Crippen LogP) is 3.19. The molecule has 5 rings (SSSR count). The molecule has 0 spiro atoms. The van der Waals surface area contributed by atoms with E-state index in [0.29, 0.717) is 29.4 Å². The molecule has 28 heavy (non-hydrogen) atoms. The van der Waals surface area contributed by atoms with Crippen molar-refractivity contribution in [3.05, 3.63) is 42.0 Å². The van der Waals surface area contributed by atoms with E-state index in [-0.39, 0.29) is 5.56 Å². The Hall–Kier alpha value is -2.12. The van der Waals surface area contributed by atoms with Gasteiger partial charge in [0.1, 0.15) is 5.82 Å². The highest BCUT2D eigenvalue weighted by Crippen LogP contribution is 2.47. The van der Waals surface area contributed by atoms with Gasteiger partial charge in [0.25, 0.3) is 0 Å². The molecule has 1 saturated carbocycles. The van der Waals surface area contributed by atoms with Crippen molar-refractivity contribution in [2.24, 2.45) is 17.8 Å². The summed E-state index contributed by atoms with van der Waals surface area (Å²) in [4.78, 5) is 2.59. The van der Waals surface area contributed by atoms with E-state index in [1.165, 1.54) is 31.5 Å². The molecule has 3 atom stereocenters. The molecule has 7 heteroatoms. The lowest BCUT2D eigenvalue weighted by Gasteiger charge is -2.28. The first-order chi connectivity index (χ1) is 13.7. The first kappa shape index (κ1) is 17.9. The highest BCUT2D eigenvalue weighted by atomic mass is 19.2. The number of benzene rings is 1. The van der Waals surface area contributed by atoms with Crippen LogP contribution in [-0.2, 0) is 4.74 Å². The van der Waals surface area contributed by atoms with Gasteiger partial charge in [0, 0.05) is 44.5 Å². The summed E-state index contributed by atoms with van der Waals surface area (Å²) in [5, 5.41) is 11.7. The summed E-state index contributed by atoms with van der Waals surface area (Å²) in [5.74, 6) is 1.04. The zero-order valence-electron chi connectivity index (χ0n) is 15.7. The summed E-state index contributed by atoms with van der Waals surface area (Å²) < 4.78 is 32.7. The fraction of sp³-hybridized carbons (Fsp3) is 0.524. The summed E-state index contributed by atoms with van der Waals surface area (Å²) >= 11 is 0. The maximum Gasteiger partial charge on any atom is 0.168 e. The second-order valence-corrected chi connectivity index (χ2v) is 8.18. The third-order valence-electron chi connectivity index (χ3n) is 6.33. The van der Waals surface area contributed by atoms with E-state index in [1.807, 2.05) is 0 Å². The zero-order valence-corrected chi connectivity index (χ0v) is 15.7. The number of piperidine rings is 1. The molecule has 1 aromatic carbocycles. The van der Waals surface area contributed by atoms with Gasteiger partial charge in [-0.3, -0.25) is 0 Å². The van der Waals surface area contributed by atoms with Gasteiger partial charge < -0.3 is 15.0 Å². The molecular formula is C21H24F2N4O. The highest BCUT2D eigenvalue weighted by Gasteiger charge is 2.55. The minimum Gasteiger partial charge on any atom is -0.381 e. The van der Waals surface area contributed by atoms with Gasteiger partial charge in [-0.1, -0.05) is 6.07 Å². The average molecular weight is 386 g/mol. The first-order valence-electron chi connectivity index (χ1n) is 10.0. The van der Waals surface area contributed by atoms with Crippen LogP contribution in [-0.4, -0.2) is 54.0 Å². The predicted molar refractivity (Wildman–Crippen MR) is 102 cm³/mol. The smallest absolute Gasteiger partial charge is 0.168 e. The third-order valence-corrected chi connectivity index (χ3v) is 6.33. The zero-order chi connectivity index (χ0) is 19.1. The molecule has 0 unspecified atom stereocenters. The van der Waals surface area contributed by atoms with E-state index < -0.39 is 11.6 Å². The van der Waals surface area contributed by atoms with Crippen LogP contribution in [0.4, 0.5) is 14.6 Å². The van der Waals surface area contributed by atoms with Gasteiger partial charge in [0.2, 0.25) is 0 Å². The van der Waals surface area contributed by atoms with Gasteiger partial charge in [-0.15, -0.1) is 10.2 Å². The Labute approximate surface area is 163 Å². The Bertz CT molecular complexity index is 829. The number of ether oxygens (including phenoxy) is 1. The summed E-state index contributed by atoms with van der Waals surface area (Å²) in [5.41, 5.74) is 0.465. The van der Waals surface area contributed by atoms with Crippen LogP contribution in [0.15, 0.2) is 30.3 Å². The molecule has 148 valence electrons. The molecule has 2 aliphatic heterocycles. The minimum atomic E-state index is -0.890. The lowest BCUT2D eigenvalue weighted by molar-refractivity contribution is 0.0540. The van der Waals surface area contributed by atoms with E-state index in [9.17, 15) is 8.78 Å². The maximum absolute atomic E-state index is 13.9. The van der Waals surface area contributed by atoms with Gasteiger partial charge in [-0.2, -0.15) is 0 Å². The monoisotopic (exact) mass is 386 g/mol. The molecule has 2 aromatic rings. The van der Waals surface area contributed by atoms with Crippen molar-refractivity contribution in [1.82, 2.24) is 15.1 Å². The SMILES string of the molecule is Fc1cccc(-c2ccc(N[C@H]3[C@@H]4CN(CC5CCOCC5)C[C@@H]43)nn2)c1F. The van der Waals surface area contributed by atoms with Crippen LogP contribution >= 0.6 is 0 Å². The van der Waals surface area contributed by atoms with Gasteiger partial charge in [-0.05, 0) is 54.9 Å². The number of hydrogen-bond acceptors (Lipinski definition) is 5. The van der Waals surface area contributed by atoms with E-state index in [2.05, 4.69) is 20.4 Å². The molecule has 3 fully saturated rings. The molecule has 1 aromatic heterocycles. The molecule has 0 radical (unpaired) electrons. The quantitative estimate of drug-likeness (QED) is 0.855. The lowest BCUT2D eigenvalue weighted by atomic mass is 10.00. The van der Waals surface area contributed by atoms with Gasteiger partial charge in [-0.25, -0.2) is 8.78 Å². The average Bonchev–Trinajstić information content (AvgIpc) is 3.15. The summed E-state index contributed by atoms with van der Waals surface area (Å²) in [6, 6.07) is 7.99. The van der Waals surface area contributed by atoms with Crippen molar-refractivity contribution in [2.75, 3.05) is 38.2 Å². The second-order valence-electron chi connectivity index (χ2n) is 8.18. The molecule has 2 saturated heterocycles. The largest absolute Gasteiger partial charge is 0.381 e. The van der Waals surface area contributed by atoms with Crippen LogP contribution in [0.25, 0.3) is 11.3 Å². The Balaban J connectivity index is 1.15. The van der Waals surface area contributed by atoms with E-state index in [1.54, 1.807) is 12.1 Å². The topological polar surface area (TPSA) is 50.3 Å². The van der Waals surface area contributed by atoms with Crippen molar-refractivity contribution in [3.63, 3.8) is 0 Å². The van der Waals surface area contributed by atoms with Crippen molar-refractivity contribution in [3.8, 4) is 11.3 Å². The minimum absolute atomic E-state index is 0.131. The number of nitrogens with zero attached hydrogens (tertiary/aromatic N) is 3. The lowest BCUT2D eigenvalue weighted by Crippen LogP contribution is -2.34. The van der Waals surface area contributed by atoms with Gasteiger partial charge in [0.15, 0.2) is 11.6 Å². The van der Waals surface area contributed by atoms with Crippen LogP contribution in [0, 0.1) is 29.4 Å². The number of anilines is 1. The number of aromatic nitrogens is 2. The Morgan fingerprint density at radius 1 is 1.04 bits per heavy atom. The summed E-state index contributed by atoms with van der Waals surface area (Å²) in [7, 11) is 0. The number of rotatable bonds is 5. The summed E-state index contributed by atoms with van der Waals surface area (Å²) in [6.45, 7) is 5.28. The van der Waals surface area contributed by atoms with Crippen molar-refractivity contribution in [1.29, 1.82) is 0 Å². The van der Waals surface area contributed by atoms with Crippen molar-refractivity contribution >= 4 is 5.82 Å². The van der Waals surface area contributed by atoms with Crippen LogP contribution in [0.5, 0.6) is 0 Å². The molecule has 3 heterocycles. The molecule has 0 bridgehead atoms. The molecule has 1 N–H and O–H groups in total. The molecule has 0 amide bonds. The molecule has 1 aliphatic carbocycles. The molecule has 3 aliphatic rings. The maximum atomic E-state index is 13.9. The Morgan fingerprint density at radius 2 is 1.82 bits per heavy atom. The number of fused-ring (bicyclic) bond motifs is 1. The fourth-order valence-electron chi connectivity index (χ4n) is 4.70. The third kappa shape index (κ3) is 3.49. The van der Waals surface area contributed by atoms with Crippen LogP contribution in [0.2, 0.25) is 0 Å². The van der Waals surface area contributed by atoms with Crippen molar-refractivity contribution < 1.29 is 13.5 Å². The number of likely N-dealkylation sites (tertiary alicyclic amines) is 1. The van der Waals surface area contributed by atoms with Gasteiger partial charge in [0.05, 0.1) is 5.69 Å². The second kappa shape index (κ2) is 7.37. The van der Waals surface area contributed by atoms with E-state index >= 15 is 0 Å². The van der Waals surface area contributed by atoms with Crippen LogP contribution < -0.4 is 5.32 Å². The van der Waals surface area contributed by atoms with E-state index in [0.717, 1.165) is 38.3 Å². The van der Waals surface area contributed by atoms with E-state index in [4.69, 9.17) is 4.74 Å². The number of halogens is 2. The van der Waals surface area contributed by atoms with Gasteiger partial charge >= 0.3 is 0 Å². The van der Waals surface area contributed by atoms with Crippen LogP contribution in [0.3, 0.4) is 0 Å². The number of nitrogens with one attached hydrogen (secondary N) is 1. The first-order valence-corrected chi connectivity index (χ1v) is 10.0. The molecule has 5 nitrogen and oxygen atoms in total. The van der Waals surface area contributed by atoms with Crippen molar-refractivity contribution in [2.45, 2.75) is 18.9 Å². The highest BCUT2D eigenvalue weighted by molar-refractivity contribution is 5.60. The Kier molecular flexibility index (Phi) is 4.72. The van der Waals surface area contributed by atoms with Crippen LogP contribution in [0.1, 0.15) is 12.8 Å². The fourth-order valence-corrected chi connectivity index (χ4v) is 4.70.